The van der Waals surface area contributed by atoms with Gasteiger partial charge in [0.25, 0.3) is 0 Å². The maximum atomic E-state index is 5.85. The summed E-state index contributed by atoms with van der Waals surface area (Å²) in [7, 11) is 0. The van der Waals surface area contributed by atoms with Crippen LogP contribution in [0.2, 0.25) is 0 Å². The number of benzene rings is 2. The van der Waals surface area contributed by atoms with Crippen LogP contribution in [0.3, 0.4) is 0 Å². The second-order valence-corrected chi connectivity index (χ2v) is 5.03. The molecule has 0 aliphatic rings. The number of hydrogen-bond acceptors (Lipinski definition) is 1. The Morgan fingerprint density at radius 3 is 2.72 bits per heavy atom. The molecule has 0 spiro atoms. The molecule has 0 aliphatic carbocycles. The van der Waals surface area contributed by atoms with Crippen molar-refractivity contribution in [3.63, 3.8) is 0 Å². The number of ether oxygens (including phenoxy) is 1. The van der Waals surface area contributed by atoms with Gasteiger partial charge in [0.2, 0.25) is 0 Å². The van der Waals surface area contributed by atoms with Crippen molar-refractivity contribution in [2.24, 2.45) is 0 Å². The lowest BCUT2D eigenvalue weighted by Crippen LogP contribution is -1.93. The highest BCUT2D eigenvalue weighted by atomic mass is 79.9. The second-order valence-electron chi connectivity index (χ2n) is 4.12. The average molecular weight is 302 g/mol. The third-order valence-corrected chi connectivity index (χ3v) is 3.34. The molecule has 0 radical (unpaired) electrons. The average Bonchev–Trinajstić information content (AvgIpc) is 2.80. The number of hydrogen-bond donors (Lipinski definition) is 1. The Hall–Kier alpha value is -1.74. The molecule has 1 heterocycles. The van der Waals surface area contributed by atoms with E-state index in [1.807, 2.05) is 36.5 Å². The summed E-state index contributed by atoms with van der Waals surface area (Å²) in [5.41, 5.74) is 2.25. The zero-order valence-electron chi connectivity index (χ0n) is 9.69. The lowest BCUT2D eigenvalue weighted by atomic mass is 10.2. The first-order valence-corrected chi connectivity index (χ1v) is 6.55. The van der Waals surface area contributed by atoms with E-state index < -0.39 is 0 Å². The Labute approximate surface area is 114 Å². The molecule has 0 amide bonds. The number of fused-ring (bicyclic) bond motifs is 1. The summed E-state index contributed by atoms with van der Waals surface area (Å²) in [5.74, 6) is 0.884. The number of aromatic nitrogens is 1. The van der Waals surface area contributed by atoms with Crippen LogP contribution in [0.5, 0.6) is 5.75 Å². The minimum Gasteiger partial charge on any atom is -0.487 e. The smallest absolute Gasteiger partial charge is 0.145 e. The van der Waals surface area contributed by atoms with Crippen LogP contribution in [0, 0.1) is 0 Å². The van der Waals surface area contributed by atoms with Gasteiger partial charge in [-0.1, -0.05) is 46.3 Å². The van der Waals surface area contributed by atoms with E-state index in [1.54, 1.807) is 0 Å². The van der Waals surface area contributed by atoms with Crippen molar-refractivity contribution in [3.8, 4) is 5.75 Å². The van der Waals surface area contributed by atoms with Gasteiger partial charge in [0, 0.05) is 21.6 Å². The van der Waals surface area contributed by atoms with Crippen molar-refractivity contribution < 1.29 is 4.74 Å². The van der Waals surface area contributed by atoms with Gasteiger partial charge < -0.3 is 9.72 Å². The minimum absolute atomic E-state index is 0.584. The first-order chi connectivity index (χ1) is 8.83. The van der Waals surface area contributed by atoms with E-state index in [-0.39, 0.29) is 0 Å². The zero-order valence-corrected chi connectivity index (χ0v) is 11.3. The standard InChI is InChI=1S/C15H12BrNO/c16-12-6-7-14-13(8-12)15(9-17-14)18-10-11-4-2-1-3-5-11/h1-9,17H,10H2. The SMILES string of the molecule is Brc1ccc2[nH]cc(OCc3ccccc3)c2c1. The first-order valence-electron chi connectivity index (χ1n) is 5.76. The maximum Gasteiger partial charge on any atom is 0.145 e. The Balaban J connectivity index is 1.85. The van der Waals surface area contributed by atoms with Gasteiger partial charge in [-0.2, -0.15) is 0 Å². The van der Waals surface area contributed by atoms with Gasteiger partial charge in [-0.15, -0.1) is 0 Å². The molecule has 3 heteroatoms. The van der Waals surface area contributed by atoms with E-state index in [4.69, 9.17) is 4.74 Å². The van der Waals surface area contributed by atoms with Crippen molar-refractivity contribution in [2.45, 2.75) is 6.61 Å². The van der Waals surface area contributed by atoms with Crippen molar-refractivity contribution >= 4 is 26.8 Å². The quantitative estimate of drug-likeness (QED) is 0.756. The van der Waals surface area contributed by atoms with Gasteiger partial charge in [-0.25, -0.2) is 0 Å². The highest BCUT2D eigenvalue weighted by Gasteiger charge is 2.05. The normalized spacial score (nSPS) is 10.7. The van der Waals surface area contributed by atoms with Crippen LogP contribution in [-0.4, -0.2) is 4.98 Å². The monoisotopic (exact) mass is 301 g/mol. The van der Waals surface area contributed by atoms with Crippen molar-refractivity contribution in [3.05, 3.63) is 64.8 Å². The fraction of sp³-hybridized carbons (Fsp3) is 0.0667. The van der Waals surface area contributed by atoms with E-state index in [1.165, 1.54) is 5.56 Å². The third-order valence-electron chi connectivity index (χ3n) is 2.84. The van der Waals surface area contributed by atoms with Crippen LogP contribution in [0.25, 0.3) is 10.9 Å². The van der Waals surface area contributed by atoms with Crippen LogP contribution in [-0.2, 0) is 6.61 Å². The molecule has 90 valence electrons. The summed E-state index contributed by atoms with van der Waals surface area (Å²) in [6.45, 7) is 0.584. The van der Waals surface area contributed by atoms with Gasteiger partial charge in [-0.05, 0) is 23.8 Å². The van der Waals surface area contributed by atoms with Crippen molar-refractivity contribution in [1.82, 2.24) is 4.98 Å². The molecule has 1 aromatic heterocycles. The summed E-state index contributed by atoms with van der Waals surface area (Å²) in [6, 6.07) is 16.3. The van der Waals surface area contributed by atoms with E-state index >= 15 is 0 Å². The molecule has 0 unspecified atom stereocenters. The molecule has 1 N–H and O–H groups in total. The van der Waals surface area contributed by atoms with E-state index in [0.29, 0.717) is 6.61 Å². The molecule has 18 heavy (non-hydrogen) atoms. The predicted molar refractivity (Wildman–Crippen MR) is 76.8 cm³/mol. The van der Waals surface area contributed by atoms with Gasteiger partial charge in [0.1, 0.15) is 12.4 Å². The molecule has 0 atom stereocenters. The van der Waals surface area contributed by atoms with Crippen molar-refractivity contribution in [1.29, 1.82) is 0 Å². The number of halogens is 1. The molecule has 0 saturated carbocycles. The molecule has 3 rings (SSSR count). The number of nitrogens with one attached hydrogen (secondary N) is 1. The lowest BCUT2D eigenvalue weighted by Gasteiger charge is -2.04. The fourth-order valence-corrected chi connectivity index (χ4v) is 2.28. The second kappa shape index (κ2) is 4.86. The molecule has 2 aromatic carbocycles. The van der Waals surface area contributed by atoms with Gasteiger partial charge >= 0.3 is 0 Å². The van der Waals surface area contributed by atoms with Crippen LogP contribution in [0.4, 0.5) is 0 Å². The lowest BCUT2D eigenvalue weighted by molar-refractivity contribution is 0.310. The Morgan fingerprint density at radius 1 is 1.06 bits per heavy atom. The largest absolute Gasteiger partial charge is 0.487 e. The van der Waals surface area contributed by atoms with Gasteiger partial charge in [0.05, 0.1) is 0 Å². The fourth-order valence-electron chi connectivity index (χ4n) is 1.92. The summed E-state index contributed by atoms with van der Waals surface area (Å²) in [5, 5.41) is 1.10. The number of aromatic amines is 1. The van der Waals surface area contributed by atoms with Gasteiger partial charge in [0.15, 0.2) is 0 Å². The minimum atomic E-state index is 0.584. The van der Waals surface area contributed by atoms with Crippen LogP contribution < -0.4 is 4.74 Å². The molecule has 0 fully saturated rings. The summed E-state index contributed by atoms with van der Waals surface area (Å²) in [4.78, 5) is 3.21. The Bertz CT molecular complexity index is 661. The van der Waals surface area contributed by atoms with Crippen LogP contribution >= 0.6 is 15.9 Å². The molecule has 3 aromatic rings. The molecule has 2 nitrogen and oxygen atoms in total. The highest BCUT2D eigenvalue weighted by Crippen LogP contribution is 2.28. The van der Waals surface area contributed by atoms with E-state index in [2.05, 4.69) is 39.1 Å². The summed E-state index contributed by atoms with van der Waals surface area (Å²) < 4.78 is 6.90. The number of rotatable bonds is 3. The molecule has 0 aliphatic heterocycles. The summed E-state index contributed by atoms with van der Waals surface area (Å²) >= 11 is 3.48. The first kappa shape index (κ1) is 11.4. The maximum absolute atomic E-state index is 5.85. The van der Waals surface area contributed by atoms with E-state index in [0.717, 1.165) is 21.1 Å². The highest BCUT2D eigenvalue weighted by molar-refractivity contribution is 9.10. The van der Waals surface area contributed by atoms with Crippen LogP contribution in [0.15, 0.2) is 59.2 Å². The zero-order chi connectivity index (χ0) is 12.4. The van der Waals surface area contributed by atoms with Crippen LogP contribution in [0.1, 0.15) is 5.56 Å². The van der Waals surface area contributed by atoms with Crippen molar-refractivity contribution in [2.75, 3.05) is 0 Å². The Kier molecular flexibility index (Phi) is 3.07. The predicted octanol–water partition coefficient (Wildman–Crippen LogP) is 4.51. The third kappa shape index (κ3) is 2.27. The Morgan fingerprint density at radius 2 is 1.89 bits per heavy atom. The molecule has 0 bridgehead atoms. The summed E-state index contributed by atoms with van der Waals surface area (Å²) in [6.07, 6.45) is 1.90. The van der Waals surface area contributed by atoms with E-state index in [9.17, 15) is 0 Å². The van der Waals surface area contributed by atoms with Gasteiger partial charge in [-0.3, -0.25) is 0 Å². The molecule has 0 saturated heterocycles. The topological polar surface area (TPSA) is 25.0 Å². The number of H-pyrrole nitrogens is 1. The molecular weight excluding hydrogens is 290 g/mol. The molecular formula is C15H12BrNO.